The molecule has 0 aliphatic heterocycles. The number of anilines is 1. The molecule has 1 unspecified atom stereocenters. The summed E-state index contributed by atoms with van der Waals surface area (Å²) >= 11 is 0. The van der Waals surface area contributed by atoms with Gasteiger partial charge in [-0.25, -0.2) is 8.42 Å². The molecule has 6 heteroatoms. The fourth-order valence-electron chi connectivity index (χ4n) is 3.34. The molecule has 0 saturated carbocycles. The molecule has 0 amide bonds. The van der Waals surface area contributed by atoms with Crippen LogP contribution in [0.3, 0.4) is 0 Å². The second kappa shape index (κ2) is 9.62. The first kappa shape index (κ1) is 22.3. The number of rotatable bonds is 8. The van der Waals surface area contributed by atoms with Gasteiger partial charge in [-0.2, -0.15) is 0 Å². The summed E-state index contributed by atoms with van der Waals surface area (Å²) in [7, 11) is -2.20. The summed E-state index contributed by atoms with van der Waals surface area (Å²) in [6.07, 6.45) is 5.26. The van der Waals surface area contributed by atoms with Crippen molar-refractivity contribution < 1.29 is 13.2 Å². The Kier molecular flexibility index (Phi) is 6.92. The monoisotopic (exact) mass is 434 g/mol. The SMILES string of the molecule is C=CC(c1ccc(OC)cc1)S(=O)(=O)Nc1ccccc1C=Cc1cc(C)nc(C)c1. The molecule has 160 valence electrons. The van der Waals surface area contributed by atoms with E-state index in [0.717, 1.165) is 22.5 Å². The molecule has 0 radical (unpaired) electrons. The third kappa shape index (κ3) is 5.61. The Morgan fingerprint density at radius 1 is 1.00 bits per heavy atom. The van der Waals surface area contributed by atoms with Crippen LogP contribution in [-0.2, 0) is 10.0 Å². The number of para-hydroxylation sites is 1. The number of hydrogen-bond donors (Lipinski definition) is 1. The maximum absolute atomic E-state index is 13.2. The molecule has 0 spiro atoms. The van der Waals surface area contributed by atoms with Gasteiger partial charge in [0.15, 0.2) is 0 Å². The molecule has 0 bridgehead atoms. The molecule has 3 rings (SSSR count). The van der Waals surface area contributed by atoms with Crippen LogP contribution in [0.5, 0.6) is 5.75 Å². The fraction of sp³-hybridized carbons (Fsp3) is 0.160. The molecule has 3 aromatic rings. The maximum atomic E-state index is 13.2. The van der Waals surface area contributed by atoms with Crippen molar-refractivity contribution in [1.29, 1.82) is 0 Å². The summed E-state index contributed by atoms with van der Waals surface area (Å²) in [4.78, 5) is 4.38. The number of nitrogens with zero attached hydrogens (tertiary/aromatic N) is 1. The van der Waals surface area contributed by atoms with Crippen molar-refractivity contribution in [3.63, 3.8) is 0 Å². The summed E-state index contributed by atoms with van der Waals surface area (Å²) in [5, 5.41) is -0.902. The van der Waals surface area contributed by atoms with E-state index in [-0.39, 0.29) is 0 Å². The molecule has 1 aromatic heterocycles. The van der Waals surface area contributed by atoms with Crippen molar-refractivity contribution in [1.82, 2.24) is 4.98 Å². The van der Waals surface area contributed by atoms with Gasteiger partial charge in [0.2, 0.25) is 10.0 Å². The predicted molar refractivity (Wildman–Crippen MR) is 128 cm³/mol. The zero-order valence-electron chi connectivity index (χ0n) is 17.9. The van der Waals surface area contributed by atoms with E-state index in [1.807, 2.05) is 50.3 Å². The van der Waals surface area contributed by atoms with Crippen LogP contribution in [0.2, 0.25) is 0 Å². The van der Waals surface area contributed by atoms with Crippen molar-refractivity contribution in [3.8, 4) is 5.75 Å². The minimum absolute atomic E-state index is 0.501. The zero-order chi connectivity index (χ0) is 22.4. The molecule has 0 aliphatic rings. The lowest BCUT2D eigenvalue weighted by Crippen LogP contribution is -2.20. The van der Waals surface area contributed by atoms with Crippen molar-refractivity contribution in [3.05, 3.63) is 101 Å². The van der Waals surface area contributed by atoms with Crippen LogP contribution < -0.4 is 9.46 Å². The number of ether oxygens (including phenoxy) is 1. The number of pyridine rings is 1. The van der Waals surface area contributed by atoms with Gasteiger partial charge in [0.1, 0.15) is 11.0 Å². The average molecular weight is 435 g/mol. The van der Waals surface area contributed by atoms with Crippen LogP contribution in [0.15, 0.2) is 73.3 Å². The van der Waals surface area contributed by atoms with Gasteiger partial charge in [-0.1, -0.05) is 48.6 Å². The molecule has 1 N–H and O–H groups in total. The van der Waals surface area contributed by atoms with Crippen LogP contribution in [0.1, 0.15) is 33.3 Å². The quantitative estimate of drug-likeness (QED) is 0.472. The van der Waals surface area contributed by atoms with Gasteiger partial charge in [-0.05, 0) is 60.9 Å². The van der Waals surface area contributed by atoms with E-state index in [9.17, 15) is 8.42 Å². The predicted octanol–water partition coefficient (Wildman–Crippen LogP) is 5.55. The van der Waals surface area contributed by atoms with Crippen molar-refractivity contribution in [2.75, 3.05) is 11.8 Å². The highest BCUT2D eigenvalue weighted by Gasteiger charge is 2.25. The number of aryl methyl sites for hydroxylation is 2. The molecule has 1 atom stereocenters. The maximum Gasteiger partial charge on any atom is 0.243 e. The summed E-state index contributed by atoms with van der Waals surface area (Å²) in [5.74, 6) is 0.661. The lowest BCUT2D eigenvalue weighted by molar-refractivity contribution is 0.414. The molecule has 0 saturated heterocycles. The minimum Gasteiger partial charge on any atom is -0.497 e. The van der Waals surface area contributed by atoms with Crippen LogP contribution in [0, 0.1) is 13.8 Å². The first-order valence-corrected chi connectivity index (χ1v) is 11.4. The highest BCUT2D eigenvalue weighted by molar-refractivity contribution is 7.93. The van der Waals surface area contributed by atoms with E-state index in [1.165, 1.54) is 6.08 Å². The minimum atomic E-state index is -3.77. The summed E-state index contributed by atoms with van der Waals surface area (Å²) in [6, 6.07) is 18.2. The number of methoxy groups -OCH3 is 1. The fourth-order valence-corrected chi connectivity index (χ4v) is 4.72. The smallest absolute Gasteiger partial charge is 0.243 e. The molecule has 5 nitrogen and oxygen atoms in total. The summed E-state index contributed by atoms with van der Waals surface area (Å²) in [5.41, 5.74) is 4.74. The number of aromatic nitrogens is 1. The number of benzene rings is 2. The second-order valence-electron chi connectivity index (χ2n) is 7.18. The first-order valence-electron chi connectivity index (χ1n) is 9.83. The Hall–Kier alpha value is -3.38. The molecule has 2 aromatic carbocycles. The van der Waals surface area contributed by atoms with E-state index in [0.29, 0.717) is 17.0 Å². The van der Waals surface area contributed by atoms with Crippen molar-refractivity contribution in [2.24, 2.45) is 0 Å². The average Bonchev–Trinajstić information content (AvgIpc) is 2.73. The third-order valence-electron chi connectivity index (χ3n) is 4.76. The van der Waals surface area contributed by atoms with Gasteiger partial charge < -0.3 is 4.74 Å². The highest BCUT2D eigenvalue weighted by atomic mass is 32.2. The van der Waals surface area contributed by atoms with Gasteiger partial charge in [-0.3, -0.25) is 9.71 Å². The van der Waals surface area contributed by atoms with Crippen LogP contribution in [-0.4, -0.2) is 20.5 Å². The Labute approximate surface area is 184 Å². The molecule has 31 heavy (non-hydrogen) atoms. The standard InChI is InChI=1S/C25H26N2O3S/c1-5-25(22-12-14-23(30-4)15-13-22)31(28,29)27-24-9-7-6-8-21(24)11-10-20-16-18(2)26-19(3)17-20/h5-17,25,27H,1H2,2-4H3. The lowest BCUT2D eigenvalue weighted by atomic mass is 10.1. The van der Waals surface area contributed by atoms with E-state index >= 15 is 0 Å². The van der Waals surface area contributed by atoms with Crippen LogP contribution in [0.25, 0.3) is 12.2 Å². The normalized spacial score (nSPS) is 12.5. The topological polar surface area (TPSA) is 68.3 Å². The Balaban J connectivity index is 1.89. The van der Waals surface area contributed by atoms with Crippen LogP contribution in [0.4, 0.5) is 5.69 Å². The van der Waals surface area contributed by atoms with E-state index in [4.69, 9.17) is 4.74 Å². The largest absolute Gasteiger partial charge is 0.497 e. The number of hydrogen-bond acceptors (Lipinski definition) is 4. The summed E-state index contributed by atoms with van der Waals surface area (Å²) in [6.45, 7) is 7.62. The Morgan fingerprint density at radius 2 is 1.65 bits per heavy atom. The van der Waals surface area contributed by atoms with E-state index in [2.05, 4.69) is 16.3 Å². The number of sulfonamides is 1. The molecular weight excluding hydrogens is 408 g/mol. The molecule has 0 aliphatic carbocycles. The summed E-state index contributed by atoms with van der Waals surface area (Å²) < 4.78 is 34.2. The Bertz CT molecular complexity index is 1180. The molecule has 0 fully saturated rings. The zero-order valence-corrected chi connectivity index (χ0v) is 18.7. The van der Waals surface area contributed by atoms with Gasteiger partial charge in [0.05, 0.1) is 12.8 Å². The second-order valence-corrected chi connectivity index (χ2v) is 8.98. The lowest BCUT2D eigenvalue weighted by Gasteiger charge is -2.17. The van der Waals surface area contributed by atoms with Gasteiger partial charge >= 0.3 is 0 Å². The van der Waals surface area contributed by atoms with Crippen molar-refractivity contribution in [2.45, 2.75) is 19.1 Å². The molecule has 1 heterocycles. The molecular formula is C25H26N2O3S. The van der Waals surface area contributed by atoms with E-state index in [1.54, 1.807) is 43.5 Å². The van der Waals surface area contributed by atoms with Gasteiger partial charge in [-0.15, -0.1) is 6.58 Å². The van der Waals surface area contributed by atoms with Gasteiger partial charge in [0, 0.05) is 11.4 Å². The van der Waals surface area contributed by atoms with Crippen molar-refractivity contribution >= 4 is 27.9 Å². The number of nitrogens with one attached hydrogen (secondary N) is 1. The highest BCUT2D eigenvalue weighted by Crippen LogP contribution is 2.29. The third-order valence-corrected chi connectivity index (χ3v) is 6.40. The Morgan fingerprint density at radius 3 is 2.26 bits per heavy atom. The first-order chi connectivity index (χ1) is 14.8. The van der Waals surface area contributed by atoms with Gasteiger partial charge in [0.25, 0.3) is 0 Å². The van der Waals surface area contributed by atoms with Crippen LogP contribution >= 0.6 is 0 Å². The van der Waals surface area contributed by atoms with E-state index < -0.39 is 15.3 Å².